The number of rotatable bonds is 2. The second-order valence-corrected chi connectivity index (χ2v) is 3.21. The Labute approximate surface area is 80.6 Å². The van der Waals surface area contributed by atoms with E-state index < -0.39 is 36.9 Å². The van der Waals surface area contributed by atoms with Gasteiger partial charge in [0.15, 0.2) is 6.10 Å². The van der Waals surface area contributed by atoms with Crippen LogP contribution in [-0.2, 0) is 4.74 Å². The number of likely N-dealkylation sites (N-methyl/N-ethyl adjacent to an activating group) is 1. The van der Waals surface area contributed by atoms with Crippen molar-refractivity contribution in [2.24, 2.45) is 0 Å². The predicted octanol–water partition coefficient (Wildman–Crippen LogP) is -3.67. The molecule has 0 radical (unpaired) electrons. The lowest BCUT2D eigenvalue weighted by atomic mass is 9.97. The van der Waals surface area contributed by atoms with Crippen molar-refractivity contribution < 1.29 is 30.3 Å². The number of nitrogens with one attached hydrogen (secondary N) is 1. The molecule has 7 nitrogen and oxygen atoms in total. The van der Waals surface area contributed by atoms with E-state index in [1.54, 1.807) is 0 Å². The molecule has 1 rings (SSSR count). The van der Waals surface area contributed by atoms with Gasteiger partial charge in [-0.2, -0.15) is 0 Å². The molecule has 0 saturated carbocycles. The fourth-order valence-electron chi connectivity index (χ4n) is 1.36. The van der Waals surface area contributed by atoms with Crippen LogP contribution in [0, 0.1) is 0 Å². The molecule has 0 aromatic carbocycles. The van der Waals surface area contributed by atoms with Gasteiger partial charge in [-0.25, -0.2) is 0 Å². The summed E-state index contributed by atoms with van der Waals surface area (Å²) in [6.45, 7) is -0.574. The van der Waals surface area contributed by atoms with Crippen LogP contribution in [0.25, 0.3) is 0 Å². The van der Waals surface area contributed by atoms with Gasteiger partial charge in [0.2, 0.25) is 0 Å². The van der Waals surface area contributed by atoms with Crippen LogP contribution in [0.2, 0.25) is 0 Å². The molecular weight excluding hydrogens is 194 g/mol. The summed E-state index contributed by atoms with van der Waals surface area (Å²) in [5.74, 6) is -2.16. The largest absolute Gasteiger partial charge is 0.394 e. The molecule has 1 heterocycles. The quantitative estimate of drug-likeness (QED) is 0.259. The smallest absolute Gasteiger partial charge is 0.255 e. The highest BCUT2D eigenvalue weighted by atomic mass is 16.7. The van der Waals surface area contributed by atoms with Crippen molar-refractivity contribution in [1.29, 1.82) is 0 Å². The van der Waals surface area contributed by atoms with Crippen molar-refractivity contribution in [1.82, 2.24) is 5.32 Å². The fraction of sp³-hybridized carbons (Fsp3) is 1.00. The predicted molar refractivity (Wildman–Crippen MR) is 44.0 cm³/mol. The topological polar surface area (TPSA) is 122 Å². The third kappa shape index (κ3) is 1.75. The van der Waals surface area contributed by atoms with Crippen LogP contribution in [0.1, 0.15) is 0 Å². The van der Waals surface area contributed by atoms with Crippen molar-refractivity contribution >= 4 is 0 Å². The molecule has 5 atom stereocenters. The lowest BCUT2D eigenvalue weighted by Gasteiger charge is -2.44. The molecule has 7 heteroatoms. The number of hydrogen-bond donors (Lipinski definition) is 6. The third-order valence-electron chi connectivity index (χ3n) is 2.32. The molecular formula is C7H15NO6. The van der Waals surface area contributed by atoms with Crippen molar-refractivity contribution in [2.45, 2.75) is 30.3 Å². The normalized spacial score (nSPS) is 49.3. The van der Waals surface area contributed by atoms with Crippen LogP contribution in [0.3, 0.4) is 0 Å². The number of aliphatic hydroxyl groups excluding tert-OH is 4. The summed E-state index contributed by atoms with van der Waals surface area (Å²) in [7, 11) is 1.31. The van der Waals surface area contributed by atoms with Crippen LogP contribution in [-0.4, -0.2) is 69.5 Å². The molecule has 1 aliphatic rings. The Morgan fingerprint density at radius 1 is 1.29 bits per heavy atom. The lowest BCUT2D eigenvalue weighted by Crippen LogP contribution is -2.69. The highest BCUT2D eigenvalue weighted by Gasteiger charge is 2.51. The van der Waals surface area contributed by atoms with Crippen molar-refractivity contribution in [3.63, 3.8) is 0 Å². The average molecular weight is 209 g/mol. The molecule has 1 aliphatic heterocycles. The summed E-state index contributed by atoms with van der Waals surface area (Å²) >= 11 is 0. The summed E-state index contributed by atoms with van der Waals surface area (Å²) in [6.07, 6.45) is -5.86. The molecule has 0 aromatic heterocycles. The minimum absolute atomic E-state index is 0.574. The first-order valence-corrected chi connectivity index (χ1v) is 4.20. The zero-order valence-corrected chi connectivity index (χ0v) is 7.66. The summed E-state index contributed by atoms with van der Waals surface area (Å²) in [5, 5.41) is 48.6. The van der Waals surface area contributed by atoms with Crippen LogP contribution in [0.4, 0.5) is 0 Å². The van der Waals surface area contributed by atoms with Gasteiger partial charge in [-0.05, 0) is 7.05 Å². The maximum absolute atomic E-state index is 9.57. The fourth-order valence-corrected chi connectivity index (χ4v) is 1.36. The maximum Gasteiger partial charge on any atom is 0.255 e. The Morgan fingerprint density at radius 3 is 2.29 bits per heavy atom. The maximum atomic E-state index is 9.57. The van der Waals surface area contributed by atoms with E-state index in [0.29, 0.717) is 0 Å². The van der Waals surface area contributed by atoms with Gasteiger partial charge in [-0.3, -0.25) is 5.32 Å². The monoisotopic (exact) mass is 209 g/mol. The minimum Gasteiger partial charge on any atom is -0.394 e. The molecule has 0 bridgehead atoms. The highest BCUT2D eigenvalue weighted by molar-refractivity contribution is 4.94. The Morgan fingerprint density at radius 2 is 1.86 bits per heavy atom. The first-order chi connectivity index (χ1) is 6.46. The first-order valence-electron chi connectivity index (χ1n) is 4.20. The van der Waals surface area contributed by atoms with Gasteiger partial charge < -0.3 is 30.3 Å². The van der Waals surface area contributed by atoms with E-state index in [4.69, 9.17) is 9.84 Å². The molecule has 0 spiro atoms. The van der Waals surface area contributed by atoms with E-state index in [-0.39, 0.29) is 0 Å². The Kier molecular flexibility index (Phi) is 3.43. The zero-order chi connectivity index (χ0) is 10.9. The van der Waals surface area contributed by atoms with E-state index in [1.165, 1.54) is 7.05 Å². The van der Waals surface area contributed by atoms with Crippen LogP contribution < -0.4 is 5.32 Å². The first kappa shape index (κ1) is 11.8. The zero-order valence-electron chi connectivity index (χ0n) is 7.66. The minimum atomic E-state index is -2.16. The van der Waals surface area contributed by atoms with E-state index in [0.717, 1.165) is 0 Å². The van der Waals surface area contributed by atoms with Crippen LogP contribution in [0.5, 0.6) is 0 Å². The van der Waals surface area contributed by atoms with Gasteiger partial charge in [0, 0.05) is 0 Å². The highest BCUT2D eigenvalue weighted by Crippen LogP contribution is 2.25. The van der Waals surface area contributed by atoms with E-state index >= 15 is 0 Å². The molecule has 1 saturated heterocycles. The van der Waals surface area contributed by atoms with Gasteiger partial charge in [0.05, 0.1) is 6.61 Å². The van der Waals surface area contributed by atoms with Crippen molar-refractivity contribution in [3.8, 4) is 0 Å². The van der Waals surface area contributed by atoms with Gasteiger partial charge in [0.25, 0.3) is 5.91 Å². The average Bonchev–Trinajstić information content (AvgIpc) is 2.20. The van der Waals surface area contributed by atoms with Gasteiger partial charge in [-0.1, -0.05) is 0 Å². The van der Waals surface area contributed by atoms with Crippen molar-refractivity contribution in [3.05, 3.63) is 0 Å². The summed E-state index contributed by atoms with van der Waals surface area (Å²) in [4.78, 5) is 0. The molecule has 0 aliphatic carbocycles. The second kappa shape index (κ2) is 4.07. The number of aliphatic hydroxyl groups is 5. The number of hydrogen-bond acceptors (Lipinski definition) is 7. The van der Waals surface area contributed by atoms with Gasteiger partial charge >= 0.3 is 0 Å². The number of ether oxygens (including phenoxy) is 1. The summed E-state index contributed by atoms with van der Waals surface area (Å²) < 4.78 is 4.80. The van der Waals surface area contributed by atoms with Crippen LogP contribution in [0.15, 0.2) is 0 Å². The lowest BCUT2D eigenvalue weighted by molar-refractivity contribution is -0.359. The van der Waals surface area contributed by atoms with Crippen molar-refractivity contribution in [2.75, 3.05) is 13.7 Å². The Hall–Kier alpha value is -0.280. The molecule has 1 fully saturated rings. The Balaban J connectivity index is 2.84. The molecule has 14 heavy (non-hydrogen) atoms. The second-order valence-electron chi connectivity index (χ2n) is 3.21. The van der Waals surface area contributed by atoms with Gasteiger partial charge in [-0.15, -0.1) is 0 Å². The SMILES string of the molecule is CN[C@@]1(O)O[C@H](CO)[C@@H](O)[C@H](O)[C@H]1O. The van der Waals surface area contributed by atoms with Crippen LogP contribution >= 0.6 is 0 Å². The molecule has 6 N–H and O–H groups in total. The third-order valence-corrected chi connectivity index (χ3v) is 2.32. The summed E-state index contributed by atoms with van der Waals surface area (Å²) in [6, 6.07) is 0. The summed E-state index contributed by atoms with van der Waals surface area (Å²) in [5.41, 5.74) is 0. The molecule has 84 valence electrons. The molecule has 0 unspecified atom stereocenters. The molecule has 0 amide bonds. The van der Waals surface area contributed by atoms with E-state index in [9.17, 15) is 20.4 Å². The standard InChI is InChI=1S/C7H15NO6/c1-8-7(13)6(12)5(11)4(10)3(2-9)14-7/h3-6,8-13H,2H2,1H3/t3-,4-,5+,6-,7+/m1/s1. The van der Waals surface area contributed by atoms with E-state index in [1.807, 2.05) is 0 Å². The van der Waals surface area contributed by atoms with Gasteiger partial charge in [0.1, 0.15) is 18.3 Å². The Bertz CT molecular complexity index is 201. The molecule has 0 aromatic rings. The van der Waals surface area contributed by atoms with E-state index in [2.05, 4.69) is 5.32 Å².